The van der Waals surface area contributed by atoms with Gasteiger partial charge in [-0.15, -0.1) is 0 Å². The van der Waals surface area contributed by atoms with Crippen LogP contribution >= 0.6 is 12.2 Å². The Kier molecular flexibility index (Phi) is 5.67. The average Bonchev–Trinajstić information content (AvgIpc) is 3.31. The van der Waals surface area contributed by atoms with E-state index in [1.807, 2.05) is 37.3 Å². The van der Waals surface area contributed by atoms with Crippen molar-refractivity contribution in [1.29, 1.82) is 0 Å². The summed E-state index contributed by atoms with van der Waals surface area (Å²) < 4.78 is 34.2. The summed E-state index contributed by atoms with van der Waals surface area (Å²) in [6.07, 6.45) is 0. The predicted molar refractivity (Wildman–Crippen MR) is 131 cm³/mol. The summed E-state index contributed by atoms with van der Waals surface area (Å²) in [5.74, 6) is -0.0278. The lowest BCUT2D eigenvalue weighted by atomic mass is 9.94. The van der Waals surface area contributed by atoms with E-state index in [9.17, 15) is 8.78 Å². The van der Waals surface area contributed by atoms with E-state index in [4.69, 9.17) is 16.7 Å². The third-order valence-corrected chi connectivity index (χ3v) is 6.07. The number of rotatable bonds is 4. The molecule has 1 N–H and O–H groups in total. The molecule has 170 valence electrons. The minimum atomic E-state index is -0.543. The SMILES string of the molecule is CC1=C(c2nc(-c3ccccc3)no2)C(c2cccc(F)c2)NC(=S)N1c1ccc(C)c(F)c1. The first-order valence-electron chi connectivity index (χ1n) is 10.6. The molecule has 1 aliphatic heterocycles. The molecule has 0 saturated heterocycles. The molecule has 0 radical (unpaired) electrons. The Labute approximate surface area is 200 Å². The van der Waals surface area contributed by atoms with Gasteiger partial charge in [-0.2, -0.15) is 4.98 Å². The second kappa shape index (κ2) is 8.79. The van der Waals surface area contributed by atoms with Crippen molar-refractivity contribution in [2.45, 2.75) is 19.9 Å². The molecule has 0 saturated carbocycles. The smallest absolute Gasteiger partial charge is 0.258 e. The van der Waals surface area contributed by atoms with Crippen LogP contribution in [0.25, 0.3) is 17.0 Å². The number of thiocarbonyl (C=S) groups is 1. The van der Waals surface area contributed by atoms with Crippen LogP contribution in [0.15, 0.2) is 83.0 Å². The highest BCUT2D eigenvalue weighted by atomic mass is 32.1. The molecule has 3 aromatic carbocycles. The molecule has 4 aromatic rings. The van der Waals surface area contributed by atoms with Crippen LogP contribution in [-0.2, 0) is 0 Å². The Hall–Kier alpha value is -3.91. The molecule has 0 aliphatic carbocycles. The topological polar surface area (TPSA) is 54.2 Å². The van der Waals surface area contributed by atoms with Crippen molar-refractivity contribution in [3.63, 3.8) is 0 Å². The number of aromatic nitrogens is 2. The fraction of sp³-hybridized carbons (Fsp3) is 0.115. The van der Waals surface area contributed by atoms with Gasteiger partial charge in [0.2, 0.25) is 5.82 Å². The first-order valence-corrected chi connectivity index (χ1v) is 11.1. The number of benzene rings is 3. The molecule has 1 aromatic heterocycles. The van der Waals surface area contributed by atoms with Crippen molar-refractivity contribution in [3.05, 3.63) is 107 Å². The van der Waals surface area contributed by atoms with Gasteiger partial charge in [-0.05, 0) is 61.5 Å². The lowest BCUT2D eigenvalue weighted by molar-refractivity contribution is 0.404. The first kappa shape index (κ1) is 21.9. The van der Waals surface area contributed by atoms with Crippen LogP contribution in [0.2, 0.25) is 0 Å². The van der Waals surface area contributed by atoms with Crippen LogP contribution in [0.4, 0.5) is 14.5 Å². The standard InChI is InChI=1S/C26H20F2N4OS/c1-15-11-12-20(14-21(15)28)32-16(2)22(23(29-26(32)34)18-9-6-10-19(27)13-18)25-30-24(31-33-25)17-7-4-3-5-8-17/h3-14,23H,1-2H3,(H,29,34). The van der Waals surface area contributed by atoms with Crippen LogP contribution in [-0.4, -0.2) is 15.3 Å². The quantitative estimate of drug-likeness (QED) is 0.356. The largest absolute Gasteiger partial charge is 0.351 e. The summed E-state index contributed by atoms with van der Waals surface area (Å²) in [7, 11) is 0. The third-order valence-electron chi connectivity index (χ3n) is 5.77. The fourth-order valence-corrected chi connectivity index (χ4v) is 4.39. The van der Waals surface area contributed by atoms with Gasteiger partial charge in [0.05, 0.1) is 17.3 Å². The molecule has 0 spiro atoms. The maximum atomic E-state index is 14.4. The van der Waals surface area contributed by atoms with Gasteiger partial charge in [0.1, 0.15) is 11.6 Å². The summed E-state index contributed by atoms with van der Waals surface area (Å²) in [6.45, 7) is 3.54. The molecule has 0 bridgehead atoms. The molecule has 2 heterocycles. The van der Waals surface area contributed by atoms with E-state index in [1.165, 1.54) is 18.2 Å². The minimum absolute atomic E-state index is 0.262. The molecule has 1 unspecified atom stereocenters. The Balaban J connectivity index is 1.67. The number of nitrogens with zero attached hydrogens (tertiary/aromatic N) is 3. The van der Waals surface area contributed by atoms with E-state index in [0.717, 1.165) is 5.56 Å². The van der Waals surface area contributed by atoms with Crippen molar-refractivity contribution in [2.75, 3.05) is 4.90 Å². The molecular weight excluding hydrogens is 454 g/mol. The number of halogens is 2. The van der Waals surface area contributed by atoms with E-state index < -0.39 is 6.04 Å². The van der Waals surface area contributed by atoms with E-state index in [0.29, 0.717) is 39.0 Å². The minimum Gasteiger partial charge on any atom is -0.351 e. The van der Waals surface area contributed by atoms with E-state index in [-0.39, 0.29) is 17.5 Å². The van der Waals surface area contributed by atoms with Crippen LogP contribution < -0.4 is 10.2 Å². The molecule has 0 fully saturated rings. The molecular formula is C26H20F2N4OS. The summed E-state index contributed by atoms with van der Waals surface area (Å²) in [6, 6.07) is 20.1. The number of nitrogens with one attached hydrogen (secondary N) is 1. The van der Waals surface area contributed by atoms with E-state index in [1.54, 1.807) is 36.1 Å². The maximum Gasteiger partial charge on any atom is 0.258 e. The lowest BCUT2D eigenvalue weighted by Crippen LogP contribution is -2.46. The number of allylic oxidation sites excluding steroid dienone is 1. The van der Waals surface area contributed by atoms with Gasteiger partial charge < -0.3 is 9.84 Å². The summed E-state index contributed by atoms with van der Waals surface area (Å²) in [4.78, 5) is 6.34. The van der Waals surface area contributed by atoms with Gasteiger partial charge in [-0.3, -0.25) is 4.90 Å². The van der Waals surface area contributed by atoms with E-state index in [2.05, 4.69) is 15.5 Å². The Morgan fingerprint density at radius 2 is 1.76 bits per heavy atom. The molecule has 1 atom stereocenters. The second-order valence-electron chi connectivity index (χ2n) is 7.99. The monoisotopic (exact) mass is 474 g/mol. The van der Waals surface area contributed by atoms with Gasteiger partial charge in [-0.1, -0.05) is 53.7 Å². The van der Waals surface area contributed by atoms with Gasteiger partial charge in [-0.25, -0.2) is 8.78 Å². The highest BCUT2D eigenvalue weighted by Gasteiger charge is 2.35. The number of aryl methyl sites for hydroxylation is 1. The number of anilines is 1. The van der Waals surface area contributed by atoms with Crippen molar-refractivity contribution in [2.24, 2.45) is 0 Å². The summed E-state index contributed by atoms with van der Waals surface area (Å²) in [5, 5.41) is 7.75. The first-order chi connectivity index (χ1) is 16.4. The maximum absolute atomic E-state index is 14.4. The normalized spacial score (nSPS) is 16.1. The number of hydrogen-bond acceptors (Lipinski definition) is 4. The molecule has 8 heteroatoms. The molecule has 0 amide bonds. The fourth-order valence-electron chi connectivity index (χ4n) is 4.03. The van der Waals surface area contributed by atoms with Crippen LogP contribution in [0.1, 0.15) is 30.0 Å². The Morgan fingerprint density at radius 1 is 0.971 bits per heavy atom. The van der Waals surface area contributed by atoms with E-state index >= 15 is 0 Å². The summed E-state index contributed by atoms with van der Waals surface area (Å²) >= 11 is 5.65. The predicted octanol–water partition coefficient (Wildman–Crippen LogP) is 6.19. The Bertz CT molecular complexity index is 1420. The molecule has 34 heavy (non-hydrogen) atoms. The van der Waals surface area contributed by atoms with Crippen molar-refractivity contribution < 1.29 is 13.3 Å². The zero-order chi connectivity index (χ0) is 23.8. The van der Waals surface area contributed by atoms with Crippen molar-refractivity contribution in [3.8, 4) is 11.4 Å². The van der Waals surface area contributed by atoms with Crippen LogP contribution in [0.5, 0.6) is 0 Å². The van der Waals surface area contributed by atoms with Gasteiger partial charge in [0, 0.05) is 11.3 Å². The van der Waals surface area contributed by atoms with Crippen molar-refractivity contribution in [1.82, 2.24) is 15.5 Å². The average molecular weight is 475 g/mol. The van der Waals surface area contributed by atoms with Crippen LogP contribution in [0.3, 0.4) is 0 Å². The zero-order valence-corrected chi connectivity index (χ0v) is 19.2. The highest BCUT2D eigenvalue weighted by Crippen LogP contribution is 2.39. The Morgan fingerprint density at radius 3 is 2.50 bits per heavy atom. The highest BCUT2D eigenvalue weighted by molar-refractivity contribution is 7.80. The second-order valence-corrected chi connectivity index (χ2v) is 8.38. The lowest BCUT2D eigenvalue weighted by Gasteiger charge is -2.37. The summed E-state index contributed by atoms with van der Waals surface area (Å²) in [5.41, 5.74) is 3.82. The molecule has 5 nitrogen and oxygen atoms in total. The van der Waals surface area contributed by atoms with Gasteiger partial charge in [0.15, 0.2) is 5.11 Å². The zero-order valence-electron chi connectivity index (χ0n) is 18.4. The van der Waals surface area contributed by atoms with Gasteiger partial charge in [0.25, 0.3) is 5.89 Å². The van der Waals surface area contributed by atoms with Gasteiger partial charge >= 0.3 is 0 Å². The third kappa shape index (κ3) is 3.97. The molecule has 1 aliphatic rings. The van der Waals surface area contributed by atoms with Crippen molar-refractivity contribution >= 4 is 28.6 Å². The molecule has 5 rings (SSSR count). The number of hydrogen-bond donors (Lipinski definition) is 1. The van der Waals surface area contributed by atoms with Crippen LogP contribution in [0, 0.1) is 18.6 Å².